The largest absolute Gasteiger partial charge is 0.397 e. The molecule has 0 aliphatic heterocycles. The monoisotopic (exact) mass is 308 g/mol. The van der Waals surface area contributed by atoms with E-state index in [1.165, 1.54) is 23.5 Å². The van der Waals surface area contributed by atoms with Crippen molar-refractivity contribution >= 4 is 33.0 Å². The van der Waals surface area contributed by atoms with Gasteiger partial charge in [-0.25, -0.2) is 4.39 Å². The second kappa shape index (κ2) is 6.43. The van der Waals surface area contributed by atoms with E-state index in [9.17, 15) is 9.18 Å². The zero-order valence-corrected chi connectivity index (χ0v) is 13.5. The Kier molecular flexibility index (Phi) is 4.83. The van der Waals surface area contributed by atoms with Gasteiger partial charge in [-0.15, -0.1) is 11.3 Å². The number of rotatable bonds is 5. The molecule has 5 heteroatoms. The number of nitrogens with zero attached hydrogens (tertiary/aromatic N) is 1. The van der Waals surface area contributed by atoms with E-state index >= 15 is 0 Å². The van der Waals surface area contributed by atoms with Crippen LogP contribution in [0.2, 0.25) is 0 Å². The number of carbonyl (C=O) groups is 1. The molecule has 2 rings (SSSR count). The molecule has 0 radical (unpaired) electrons. The molecule has 1 aromatic carbocycles. The molecular weight excluding hydrogens is 287 g/mol. The lowest BCUT2D eigenvalue weighted by Crippen LogP contribution is -2.34. The van der Waals surface area contributed by atoms with Crippen molar-refractivity contribution in [2.24, 2.45) is 5.92 Å². The summed E-state index contributed by atoms with van der Waals surface area (Å²) in [7, 11) is 0. The summed E-state index contributed by atoms with van der Waals surface area (Å²) in [5.41, 5.74) is 6.45. The van der Waals surface area contributed by atoms with Gasteiger partial charge in [0.2, 0.25) is 0 Å². The predicted octanol–water partition coefficient (Wildman–Crippen LogP) is 4.13. The maximum Gasteiger partial charge on any atom is 0.266 e. The zero-order valence-electron chi connectivity index (χ0n) is 12.6. The Labute approximate surface area is 128 Å². The summed E-state index contributed by atoms with van der Waals surface area (Å²) in [5, 5.41) is 0.628. The number of fused-ring (bicyclic) bond motifs is 1. The average Bonchev–Trinajstić information content (AvgIpc) is 2.80. The van der Waals surface area contributed by atoms with Crippen LogP contribution in [0.5, 0.6) is 0 Å². The summed E-state index contributed by atoms with van der Waals surface area (Å²) in [5.74, 6) is 0.0526. The van der Waals surface area contributed by atoms with Crippen LogP contribution in [0.1, 0.15) is 36.9 Å². The van der Waals surface area contributed by atoms with Gasteiger partial charge in [0, 0.05) is 23.2 Å². The van der Waals surface area contributed by atoms with E-state index in [0.29, 0.717) is 35.0 Å². The molecule has 0 bridgehead atoms. The maximum atomic E-state index is 13.3. The van der Waals surface area contributed by atoms with E-state index in [-0.39, 0.29) is 11.7 Å². The van der Waals surface area contributed by atoms with Gasteiger partial charge in [0.25, 0.3) is 5.91 Å². The zero-order chi connectivity index (χ0) is 15.6. The molecule has 1 aromatic heterocycles. The number of nitrogens with two attached hydrogens (primary N) is 1. The fourth-order valence-corrected chi connectivity index (χ4v) is 3.32. The van der Waals surface area contributed by atoms with E-state index in [2.05, 4.69) is 13.8 Å². The number of hydrogen-bond donors (Lipinski definition) is 1. The second-order valence-corrected chi connectivity index (χ2v) is 6.39. The fourth-order valence-electron chi connectivity index (χ4n) is 2.25. The van der Waals surface area contributed by atoms with Crippen molar-refractivity contribution in [2.75, 3.05) is 18.8 Å². The van der Waals surface area contributed by atoms with E-state index in [4.69, 9.17) is 5.73 Å². The number of halogens is 1. The van der Waals surface area contributed by atoms with E-state index in [1.807, 2.05) is 11.8 Å². The lowest BCUT2D eigenvalue weighted by Gasteiger charge is -2.23. The molecule has 1 heterocycles. The first-order valence-electron chi connectivity index (χ1n) is 7.24. The van der Waals surface area contributed by atoms with Gasteiger partial charge in [0.15, 0.2) is 0 Å². The number of amides is 1. The molecule has 0 aliphatic rings. The molecule has 0 spiro atoms. The van der Waals surface area contributed by atoms with Crippen molar-refractivity contribution in [3.8, 4) is 0 Å². The molecule has 114 valence electrons. The van der Waals surface area contributed by atoms with Gasteiger partial charge >= 0.3 is 0 Å². The molecule has 2 N–H and O–H groups in total. The van der Waals surface area contributed by atoms with Crippen LogP contribution < -0.4 is 5.73 Å². The number of anilines is 1. The SMILES string of the molecule is CCC(C)CN(CC)C(=O)c1sc2ccc(F)cc2c1N. The van der Waals surface area contributed by atoms with E-state index in [0.717, 1.165) is 11.1 Å². The Morgan fingerprint density at radius 3 is 2.76 bits per heavy atom. The fraction of sp³-hybridized carbons (Fsp3) is 0.438. The van der Waals surface area contributed by atoms with Crippen LogP contribution in [0.4, 0.5) is 10.1 Å². The van der Waals surface area contributed by atoms with E-state index < -0.39 is 0 Å². The lowest BCUT2D eigenvalue weighted by atomic mass is 10.1. The van der Waals surface area contributed by atoms with Crippen LogP contribution in [0.25, 0.3) is 10.1 Å². The van der Waals surface area contributed by atoms with Crippen molar-refractivity contribution < 1.29 is 9.18 Å². The van der Waals surface area contributed by atoms with Crippen molar-refractivity contribution in [3.05, 3.63) is 28.9 Å². The van der Waals surface area contributed by atoms with Crippen LogP contribution >= 0.6 is 11.3 Å². The third-order valence-corrected chi connectivity index (χ3v) is 4.96. The topological polar surface area (TPSA) is 46.3 Å². The summed E-state index contributed by atoms with van der Waals surface area (Å²) in [6, 6.07) is 4.46. The summed E-state index contributed by atoms with van der Waals surface area (Å²) >= 11 is 1.34. The summed E-state index contributed by atoms with van der Waals surface area (Å²) < 4.78 is 14.2. The van der Waals surface area contributed by atoms with Crippen LogP contribution in [-0.4, -0.2) is 23.9 Å². The molecule has 3 nitrogen and oxygen atoms in total. The summed E-state index contributed by atoms with van der Waals surface area (Å²) in [6.45, 7) is 7.56. The molecule has 1 amide bonds. The van der Waals surface area contributed by atoms with Crippen molar-refractivity contribution in [1.29, 1.82) is 0 Å². The molecule has 2 aromatic rings. The molecular formula is C16H21FN2OS. The van der Waals surface area contributed by atoms with Gasteiger partial charge in [-0.3, -0.25) is 4.79 Å². The third kappa shape index (κ3) is 3.18. The smallest absolute Gasteiger partial charge is 0.266 e. The van der Waals surface area contributed by atoms with Gasteiger partial charge in [-0.05, 0) is 31.0 Å². The van der Waals surface area contributed by atoms with E-state index in [1.54, 1.807) is 6.07 Å². The Balaban J connectivity index is 2.36. The highest BCUT2D eigenvalue weighted by atomic mass is 32.1. The average molecular weight is 308 g/mol. The highest BCUT2D eigenvalue weighted by Crippen LogP contribution is 2.35. The normalized spacial score (nSPS) is 12.6. The first-order valence-corrected chi connectivity index (χ1v) is 8.06. The van der Waals surface area contributed by atoms with Gasteiger partial charge < -0.3 is 10.6 Å². The molecule has 0 aliphatic carbocycles. The number of nitrogen functional groups attached to an aromatic ring is 1. The van der Waals surface area contributed by atoms with Crippen molar-refractivity contribution in [2.45, 2.75) is 27.2 Å². The first-order chi connectivity index (χ1) is 9.97. The molecule has 0 fully saturated rings. The van der Waals surface area contributed by atoms with Gasteiger partial charge in [-0.1, -0.05) is 20.3 Å². The predicted molar refractivity (Wildman–Crippen MR) is 87.2 cm³/mol. The second-order valence-electron chi connectivity index (χ2n) is 5.34. The molecule has 1 unspecified atom stereocenters. The van der Waals surface area contributed by atoms with Gasteiger partial charge in [-0.2, -0.15) is 0 Å². The number of benzene rings is 1. The number of carbonyl (C=O) groups excluding carboxylic acids is 1. The quantitative estimate of drug-likeness (QED) is 0.902. The maximum absolute atomic E-state index is 13.3. The standard InChI is InChI=1S/C16H21FN2OS/c1-4-10(3)9-19(5-2)16(20)15-14(18)12-8-11(17)6-7-13(12)21-15/h6-8,10H,4-5,9,18H2,1-3H3. The number of hydrogen-bond acceptors (Lipinski definition) is 3. The van der Waals surface area contributed by atoms with Crippen LogP contribution in [-0.2, 0) is 0 Å². The Bertz CT molecular complexity index is 653. The highest BCUT2D eigenvalue weighted by molar-refractivity contribution is 7.21. The lowest BCUT2D eigenvalue weighted by molar-refractivity contribution is 0.0746. The van der Waals surface area contributed by atoms with Crippen LogP contribution in [0.3, 0.4) is 0 Å². The van der Waals surface area contributed by atoms with Crippen molar-refractivity contribution in [1.82, 2.24) is 4.90 Å². The Morgan fingerprint density at radius 2 is 2.14 bits per heavy atom. The van der Waals surface area contributed by atoms with Crippen molar-refractivity contribution in [3.63, 3.8) is 0 Å². The Hall–Kier alpha value is -1.62. The van der Waals surface area contributed by atoms with Gasteiger partial charge in [0.1, 0.15) is 10.7 Å². The molecule has 0 saturated carbocycles. The Morgan fingerprint density at radius 1 is 1.43 bits per heavy atom. The molecule has 1 atom stereocenters. The third-order valence-electron chi connectivity index (χ3n) is 3.78. The van der Waals surface area contributed by atoms with Crippen LogP contribution in [0, 0.1) is 11.7 Å². The summed E-state index contributed by atoms with van der Waals surface area (Å²) in [6.07, 6.45) is 1.02. The summed E-state index contributed by atoms with van der Waals surface area (Å²) in [4.78, 5) is 15.0. The molecule has 21 heavy (non-hydrogen) atoms. The minimum Gasteiger partial charge on any atom is -0.397 e. The van der Waals surface area contributed by atoms with Crippen LogP contribution in [0.15, 0.2) is 18.2 Å². The highest BCUT2D eigenvalue weighted by Gasteiger charge is 2.22. The number of thiophene rings is 1. The first kappa shape index (κ1) is 15.8. The minimum absolute atomic E-state index is 0.0584. The minimum atomic E-state index is -0.335. The van der Waals surface area contributed by atoms with Gasteiger partial charge in [0.05, 0.1) is 5.69 Å². The molecule has 0 saturated heterocycles.